The predicted octanol–water partition coefficient (Wildman–Crippen LogP) is 1.31. The van der Waals surface area contributed by atoms with Gasteiger partial charge >= 0.3 is 0 Å². The zero-order valence-corrected chi connectivity index (χ0v) is 10.8. The molecule has 0 aromatic carbocycles. The zero-order chi connectivity index (χ0) is 12.8. The van der Waals surface area contributed by atoms with Gasteiger partial charge in [-0.1, -0.05) is 0 Å². The second-order valence-electron chi connectivity index (χ2n) is 4.73. The number of nitrogens with zero attached hydrogens (tertiary/aromatic N) is 2. The molecule has 2 N–H and O–H groups in total. The second kappa shape index (κ2) is 6.66. The van der Waals surface area contributed by atoms with E-state index in [2.05, 4.69) is 9.97 Å². The number of ether oxygens (including phenoxy) is 2. The van der Waals surface area contributed by atoms with Crippen molar-refractivity contribution in [2.75, 3.05) is 13.7 Å². The number of rotatable bonds is 6. The van der Waals surface area contributed by atoms with Crippen LogP contribution < -0.4 is 10.5 Å². The fraction of sp³-hybridized carbons (Fsp3) is 0.692. The molecule has 0 amide bonds. The highest BCUT2D eigenvalue weighted by atomic mass is 16.5. The van der Waals surface area contributed by atoms with Crippen LogP contribution >= 0.6 is 0 Å². The van der Waals surface area contributed by atoms with Crippen LogP contribution in [0.2, 0.25) is 0 Å². The molecule has 1 aromatic rings. The van der Waals surface area contributed by atoms with Crippen molar-refractivity contribution in [1.82, 2.24) is 9.97 Å². The molecule has 0 spiro atoms. The third-order valence-electron chi connectivity index (χ3n) is 3.26. The van der Waals surface area contributed by atoms with Crippen molar-refractivity contribution in [1.29, 1.82) is 0 Å². The molecule has 0 saturated carbocycles. The molecule has 0 aliphatic carbocycles. The molecule has 0 radical (unpaired) electrons. The molecule has 5 heteroatoms. The quantitative estimate of drug-likeness (QED) is 0.825. The largest absolute Gasteiger partial charge is 0.481 e. The van der Waals surface area contributed by atoms with Crippen LogP contribution in [0.25, 0.3) is 0 Å². The van der Waals surface area contributed by atoms with Gasteiger partial charge in [0, 0.05) is 30.8 Å². The van der Waals surface area contributed by atoms with Crippen LogP contribution in [0.4, 0.5) is 0 Å². The number of methoxy groups -OCH3 is 1. The van der Waals surface area contributed by atoms with Crippen molar-refractivity contribution in [3.05, 3.63) is 18.1 Å². The van der Waals surface area contributed by atoms with Gasteiger partial charge in [0.1, 0.15) is 6.33 Å². The fourth-order valence-corrected chi connectivity index (χ4v) is 2.24. The lowest BCUT2D eigenvalue weighted by Gasteiger charge is -2.14. The first-order chi connectivity index (χ1) is 8.78. The lowest BCUT2D eigenvalue weighted by molar-refractivity contribution is 0.101. The van der Waals surface area contributed by atoms with Crippen LogP contribution in [-0.2, 0) is 11.2 Å². The average molecular weight is 251 g/mol. The van der Waals surface area contributed by atoms with E-state index in [1.165, 1.54) is 19.2 Å². The molecule has 18 heavy (non-hydrogen) atoms. The van der Waals surface area contributed by atoms with Crippen LogP contribution in [0, 0.1) is 0 Å². The van der Waals surface area contributed by atoms with Crippen molar-refractivity contribution < 1.29 is 9.47 Å². The summed E-state index contributed by atoms with van der Waals surface area (Å²) in [4.78, 5) is 8.18. The van der Waals surface area contributed by atoms with E-state index in [-0.39, 0.29) is 6.04 Å². The minimum atomic E-state index is 0.119. The number of nitrogens with two attached hydrogens (primary N) is 1. The molecule has 2 heterocycles. The molecule has 1 aromatic heterocycles. The maximum absolute atomic E-state index is 6.12. The molecular formula is C13H21N3O2. The highest BCUT2D eigenvalue weighted by Gasteiger charge is 2.16. The average Bonchev–Trinajstić information content (AvgIpc) is 2.90. The van der Waals surface area contributed by atoms with Gasteiger partial charge in [-0.15, -0.1) is 0 Å². The Morgan fingerprint density at radius 2 is 2.44 bits per heavy atom. The molecule has 2 atom stereocenters. The van der Waals surface area contributed by atoms with E-state index in [1.807, 2.05) is 6.07 Å². The van der Waals surface area contributed by atoms with E-state index in [4.69, 9.17) is 15.2 Å². The Morgan fingerprint density at radius 1 is 1.56 bits per heavy atom. The van der Waals surface area contributed by atoms with E-state index >= 15 is 0 Å². The third-order valence-corrected chi connectivity index (χ3v) is 3.26. The number of hydrogen-bond donors (Lipinski definition) is 1. The van der Waals surface area contributed by atoms with E-state index in [1.54, 1.807) is 7.11 Å². The van der Waals surface area contributed by atoms with Crippen molar-refractivity contribution in [2.24, 2.45) is 5.73 Å². The minimum Gasteiger partial charge on any atom is -0.481 e. The van der Waals surface area contributed by atoms with Crippen molar-refractivity contribution in [3.8, 4) is 5.88 Å². The molecule has 2 rings (SSSR count). The molecule has 1 aliphatic heterocycles. The smallest absolute Gasteiger partial charge is 0.216 e. The first-order valence-electron chi connectivity index (χ1n) is 6.50. The van der Waals surface area contributed by atoms with E-state index in [0.29, 0.717) is 12.0 Å². The molecule has 100 valence electrons. The zero-order valence-electron chi connectivity index (χ0n) is 10.8. The SMILES string of the molecule is COc1cc(CC(N)CCC2CCCO2)ncn1. The molecule has 5 nitrogen and oxygen atoms in total. The first kappa shape index (κ1) is 13.2. The van der Waals surface area contributed by atoms with Crippen LogP contribution in [0.3, 0.4) is 0 Å². The molecular weight excluding hydrogens is 230 g/mol. The molecule has 2 unspecified atom stereocenters. The van der Waals surface area contributed by atoms with Gasteiger partial charge in [0.05, 0.1) is 13.2 Å². The van der Waals surface area contributed by atoms with Crippen LogP contribution in [0.5, 0.6) is 5.88 Å². The Kier molecular flexibility index (Phi) is 4.90. The van der Waals surface area contributed by atoms with Gasteiger partial charge in [-0.25, -0.2) is 9.97 Å². The molecule has 1 aliphatic rings. The maximum atomic E-state index is 6.12. The highest BCUT2D eigenvalue weighted by molar-refractivity contribution is 5.14. The lowest BCUT2D eigenvalue weighted by Crippen LogP contribution is -2.25. The molecule has 1 fully saturated rings. The molecule has 0 bridgehead atoms. The Bertz CT molecular complexity index is 367. The number of aromatic nitrogens is 2. The monoisotopic (exact) mass is 251 g/mol. The summed E-state index contributed by atoms with van der Waals surface area (Å²) >= 11 is 0. The van der Waals surface area contributed by atoms with Gasteiger partial charge in [0.15, 0.2) is 0 Å². The summed E-state index contributed by atoms with van der Waals surface area (Å²) in [6.07, 6.45) is 7.06. The van der Waals surface area contributed by atoms with Crippen molar-refractivity contribution >= 4 is 0 Å². The van der Waals surface area contributed by atoms with Gasteiger partial charge < -0.3 is 15.2 Å². The summed E-state index contributed by atoms with van der Waals surface area (Å²) in [5.41, 5.74) is 7.05. The Labute approximate surface area is 108 Å². The lowest BCUT2D eigenvalue weighted by atomic mass is 10.0. The van der Waals surface area contributed by atoms with Gasteiger partial charge in [0.2, 0.25) is 5.88 Å². The van der Waals surface area contributed by atoms with Gasteiger partial charge in [-0.05, 0) is 25.7 Å². The second-order valence-corrected chi connectivity index (χ2v) is 4.73. The summed E-state index contributed by atoms with van der Waals surface area (Å²) < 4.78 is 10.7. The standard InChI is InChI=1S/C13H21N3O2/c1-17-13-8-11(15-9-16-13)7-10(14)4-5-12-3-2-6-18-12/h8-10,12H,2-7,14H2,1H3. The van der Waals surface area contributed by atoms with Gasteiger partial charge in [-0.3, -0.25) is 0 Å². The number of hydrogen-bond acceptors (Lipinski definition) is 5. The first-order valence-corrected chi connectivity index (χ1v) is 6.50. The summed E-state index contributed by atoms with van der Waals surface area (Å²) in [7, 11) is 1.60. The third kappa shape index (κ3) is 3.92. The fourth-order valence-electron chi connectivity index (χ4n) is 2.24. The summed E-state index contributed by atoms with van der Waals surface area (Å²) in [6, 6.07) is 1.96. The summed E-state index contributed by atoms with van der Waals surface area (Å²) in [5, 5.41) is 0. The van der Waals surface area contributed by atoms with Gasteiger partial charge in [0.25, 0.3) is 0 Å². The van der Waals surface area contributed by atoms with Crippen molar-refractivity contribution in [3.63, 3.8) is 0 Å². The highest BCUT2D eigenvalue weighted by Crippen LogP contribution is 2.18. The van der Waals surface area contributed by atoms with Gasteiger partial charge in [-0.2, -0.15) is 0 Å². The minimum absolute atomic E-state index is 0.119. The Balaban J connectivity index is 1.76. The predicted molar refractivity (Wildman–Crippen MR) is 68.5 cm³/mol. The van der Waals surface area contributed by atoms with Crippen LogP contribution in [0.15, 0.2) is 12.4 Å². The molecule has 1 saturated heterocycles. The summed E-state index contributed by atoms with van der Waals surface area (Å²) in [6.45, 7) is 0.906. The van der Waals surface area contributed by atoms with E-state index in [9.17, 15) is 0 Å². The van der Waals surface area contributed by atoms with Crippen molar-refractivity contribution in [2.45, 2.75) is 44.2 Å². The van der Waals surface area contributed by atoms with E-state index in [0.717, 1.165) is 31.6 Å². The Hall–Kier alpha value is -1.20. The van der Waals surface area contributed by atoms with E-state index < -0.39 is 0 Å². The van der Waals surface area contributed by atoms with Crippen LogP contribution in [0.1, 0.15) is 31.4 Å². The summed E-state index contributed by atoms with van der Waals surface area (Å²) in [5.74, 6) is 0.589. The normalized spacial score (nSPS) is 20.9. The Morgan fingerprint density at radius 3 is 3.17 bits per heavy atom. The van der Waals surface area contributed by atoms with Crippen LogP contribution in [-0.4, -0.2) is 35.8 Å². The topological polar surface area (TPSA) is 70.3 Å². The maximum Gasteiger partial charge on any atom is 0.216 e.